The lowest BCUT2D eigenvalue weighted by atomic mass is 9.89. The Bertz CT molecular complexity index is 413. The standard InChI is InChI=1S/C12H15BINO4/c1-10(5-7-14)4-3-6-13-18-11(16)8-15(2)9-12(17)19-13/h3-7H,8-9H2,1-2H3/b6-3+,7-5+,10-4+. The molecule has 0 unspecified atom stereocenters. The fraction of sp³-hybridized carbons (Fsp3) is 0.333. The predicted octanol–water partition coefficient (Wildman–Crippen LogP) is 1.50. The van der Waals surface area contributed by atoms with Crippen molar-refractivity contribution in [1.29, 1.82) is 0 Å². The van der Waals surface area contributed by atoms with Gasteiger partial charge in [0, 0.05) is 0 Å². The number of carbonyl (C=O) groups is 2. The molecule has 7 heteroatoms. The Morgan fingerprint density at radius 3 is 2.42 bits per heavy atom. The molecule has 0 aromatic carbocycles. The quantitative estimate of drug-likeness (QED) is 0.425. The summed E-state index contributed by atoms with van der Waals surface area (Å²) < 4.78 is 11.9. The van der Waals surface area contributed by atoms with Gasteiger partial charge < -0.3 is 9.31 Å². The number of hydrogen-bond acceptors (Lipinski definition) is 5. The average Bonchev–Trinajstić information content (AvgIpc) is 2.26. The van der Waals surface area contributed by atoms with Gasteiger partial charge in [0.25, 0.3) is 0 Å². The molecule has 0 aliphatic carbocycles. The van der Waals surface area contributed by atoms with Crippen molar-refractivity contribution in [2.75, 3.05) is 20.1 Å². The van der Waals surface area contributed by atoms with E-state index in [1.165, 1.54) is 5.98 Å². The molecule has 0 spiro atoms. The van der Waals surface area contributed by atoms with Crippen LogP contribution in [0.1, 0.15) is 6.92 Å². The van der Waals surface area contributed by atoms with Gasteiger partial charge >= 0.3 is 19.1 Å². The molecule has 1 rings (SSSR count). The van der Waals surface area contributed by atoms with E-state index < -0.39 is 19.1 Å². The highest BCUT2D eigenvalue weighted by atomic mass is 127. The zero-order valence-corrected chi connectivity index (χ0v) is 13.0. The van der Waals surface area contributed by atoms with Crippen molar-refractivity contribution in [1.82, 2.24) is 4.90 Å². The molecule has 1 saturated heterocycles. The van der Waals surface area contributed by atoms with E-state index in [0.29, 0.717) is 0 Å². The van der Waals surface area contributed by atoms with Crippen LogP contribution < -0.4 is 0 Å². The van der Waals surface area contributed by atoms with E-state index in [9.17, 15) is 9.59 Å². The number of rotatable bonds is 3. The summed E-state index contributed by atoms with van der Waals surface area (Å²) in [5, 5.41) is 0. The molecule has 0 aromatic heterocycles. The van der Waals surface area contributed by atoms with Crippen molar-refractivity contribution >= 4 is 41.6 Å². The number of likely N-dealkylation sites (N-methyl/N-ethyl adjacent to an activating group) is 1. The van der Waals surface area contributed by atoms with Gasteiger partial charge in [-0.3, -0.25) is 14.5 Å². The molecule has 1 heterocycles. The second-order valence-corrected chi connectivity index (χ2v) is 4.83. The summed E-state index contributed by atoms with van der Waals surface area (Å²) in [6, 6.07) is 0. The maximum Gasteiger partial charge on any atom is 0.628 e. The zero-order chi connectivity index (χ0) is 14.3. The third-order valence-electron chi connectivity index (χ3n) is 2.25. The SMILES string of the molecule is CC(/C=C/I)=C\C=C\B1OC(=O)CN(C)CC(=O)O1. The summed E-state index contributed by atoms with van der Waals surface area (Å²) in [7, 11) is 0.697. The van der Waals surface area contributed by atoms with Crippen LogP contribution in [0.25, 0.3) is 0 Å². The lowest BCUT2D eigenvalue weighted by molar-refractivity contribution is -0.145. The van der Waals surface area contributed by atoms with Crippen molar-refractivity contribution in [2.45, 2.75) is 6.92 Å². The number of carbonyl (C=O) groups excluding carboxylic acids is 2. The highest BCUT2D eigenvalue weighted by molar-refractivity contribution is 14.1. The van der Waals surface area contributed by atoms with Crippen molar-refractivity contribution in [2.24, 2.45) is 0 Å². The number of hydrogen-bond donors (Lipinski definition) is 0. The molecule has 102 valence electrons. The summed E-state index contributed by atoms with van der Waals surface area (Å²) in [6.45, 7) is 2.09. The van der Waals surface area contributed by atoms with Crippen LogP contribution in [-0.2, 0) is 18.9 Å². The van der Waals surface area contributed by atoms with Gasteiger partial charge in [-0.2, -0.15) is 0 Å². The molecule has 1 aliphatic rings. The molecule has 19 heavy (non-hydrogen) atoms. The first-order valence-corrected chi connectivity index (χ1v) is 6.95. The Morgan fingerprint density at radius 1 is 1.32 bits per heavy atom. The molecular weight excluding hydrogens is 360 g/mol. The highest BCUT2D eigenvalue weighted by Gasteiger charge is 2.28. The molecule has 1 fully saturated rings. The Kier molecular flexibility index (Phi) is 6.86. The topological polar surface area (TPSA) is 55.8 Å². The maximum absolute atomic E-state index is 11.4. The van der Waals surface area contributed by atoms with Gasteiger partial charge in [0.05, 0.1) is 13.1 Å². The Balaban J connectivity index is 2.65. The Labute approximate surface area is 126 Å². The summed E-state index contributed by atoms with van der Waals surface area (Å²) in [4.78, 5) is 24.4. The van der Waals surface area contributed by atoms with E-state index in [1.54, 1.807) is 18.0 Å². The van der Waals surface area contributed by atoms with Gasteiger partial charge in [-0.15, -0.1) is 0 Å². The minimum atomic E-state index is -0.957. The Hall–Kier alpha value is -1.09. The third-order valence-corrected chi connectivity index (χ3v) is 2.61. The van der Waals surface area contributed by atoms with Crippen LogP contribution >= 0.6 is 22.6 Å². The molecule has 1 aliphatic heterocycles. The lowest BCUT2D eigenvalue weighted by Crippen LogP contribution is -2.41. The third kappa shape index (κ3) is 6.58. The van der Waals surface area contributed by atoms with Crippen LogP contribution in [0.4, 0.5) is 0 Å². The molecule has 0 atom stereocenters. The molecule has 0 saturated carbocycles. The minimum absolute atomic E-state index is 0.0753. The second-order valence-electron chi connectivity index (χ2n) is 4.11. The zero-order valence-electron chi connectivity index (χ0n) is 10.8. The number of halogens is 1. The van der Waals surface area contributed by atoms with Crippen LogP contribution in [0, 0.1) is 0 Å². The van der Waals surface area contributed by atoms with Gasteiger partial charge in [0.15, 0.2) is 0 Å². The second kappa shape index (κ2) is 8.16. The summed E-state index contributed by atoms with van der Waals surface area (Å²) >= 11 is 2.13. The lowest BCUT2D eigenvalue weighted by Gasteiger charge is -2.21. The smallest absolute Gasteiger partial charge is 0.495 e. The first-order valence-electron chi connectivity index (χ1n) is 5.70. The van der Waals surface area contributed by atoms with E-state index in [-0.39, 0.29) is 13.1 Å². The average molecular weight is 375 g/mol. The van der Waals surface area contributed by atoms with Crippen molar-refractivity contribution in [3.8, 4) is 0 Å². The summed E-state index contributed by atoms with van der Waals surface area (Å²) in [6.07, 6.45) is 5.46. The van der Waals surface area contributed by atoms with Gasteiger partial charge in [0.1, 0.15) is 0 Å². The molecule has 0 N–H and O–H groups in total. The van der Waals surface area contributed by atoms with Crippen LogP contribution in [0.15, 0.2) is 33.9 Å². The normalized spacial score (nSPS) is 19.5. The molecule has 0 radical (unpaired) electrons. The number of allylic oxidation sites excluding steroid dienone is 4. The highest BCUT2D eigenvalue weighted by Crippen LogP contribution is 2.03. The molecule has 0 amide bonds. The fourth-order valence-electron chi connectivity index (χ4n) is 1.39. The van der Waals surface area contributed by atoms with Crippen LogP contribution in [0.5, 0.6) is 0 Å². The Morgan fingerprint density at radius 2 is 1.89 bits per heavy atom. The van der Waals surface area contributed by atoms with E-state index in [2.05, 4.69) is 22.6 Å². The van der Waals surface area contributed by atoms with E-state index in [1.807, 2.05) is 23.2 Å². The van der Waals surface area contributed by atoms with Crippen molar-refractivity contribution < 1.29 is 18.9 Å². The first kappa shape index (κ1) is 16.0. The van der Waals surface area contributed by atoms with Gasteiger partial charge in [-0.25, -0.2) is 0 Å². The van der Waals surface area contributed by atoms with E-state index >= 15 is 0 Å². The van der Waals surface area contributed by atoms with E-state index in [0.717, 1.165) is 5.57 Å². The van der Waals surface area contributed by atoms with Crippen molar-refractivity contribution in [3.05, 3.63) is 33.9 Å². The molecule has 0 bridgehead atoms. The largest absolute Gasteiger partial charge is 0.628 e. The van der Waals surface area contributed by atoms with Gasteiger partial charge in [-0.05, 0) is 24.0 Å². The minimum Gasteiger partial charge on any atom is -0.495 e. The maximum atomic E-state index is 11.4. The molecule has 0 aromatic rings. The molecular formula is C12H15BINO4. The summed E-state index contributed by atoms with van der Waals surface area (Å²) in [5.41, 5.74) is 1.04. The van der Waals surface area contributed by atoms with E-state index in [4.69, 9.17) is 9.31 Å². The number of nitrogens with zero attached hydrogens (tertiary/aromatic N) is 1. The monoisotopic (exact) mass is 375 g/mol. The van der Waals surface area contributed by atoms with Crippen molar-refractivity contribution in [3.63, 3.8) is 0 Å². The van der Waals surface area contributed by atoms with Crippen LogP contribution in [-0.4, -0.2) is 44.1 Å². The summed E-state index contributed by atoms with van der Waals surface area (Å²) in [5.74, 6) is 0.695. The van der Waals surface area contributed by atoms with Gasteiger partial charge in [-0.1, -0.05) is 46.4 Å². The predicted molar refractivity (Wildman–Crippen MR) is 81.5 cm³/mol. The first-order chi connectivity index (χ1) is 9.01. The van der Waals surface area contributed by atoms with Crippen LogP contribution in [0.3, 0.4) is 0 Å². The molecule has 5 nitrogen and oxygen atoms in total. The fourth-order valence-corrected chi connectivity index (χ4v) is 1.95. The van der Waals surface area contributed by atoms with Crippen LogP contribution in [0.2, 0.25) is 0 Å². The van der Waals surface area contributed by atoms with Gasteiger partial charge in [0.2, 0.25) is 0 Å².